The van der Waals surface area contributed by atoms with Crippen LogP contribution in [0, 0.1) is 6.92 Å². The van der Waals surface area contributed by atoms with Crippen LogP contribution in [0.2, 0.25) is 5.02 Å². The summed E-state index contributed by atoms with van der Waals surface area (Å²) < 4.78 is 5.78. The summed E-state index contributed by atoms with van der Waals surface area (Å²) in [5.41, 5.74) is 5.85. The van der Waals surface area contributed by atoms with Crippen molar-refractivity contribution in [3.63, 3.8) is 0 Å². The first-order valence-corrected chi connectivity index (χ1v) is 13.0. The molecule has 0 bridgehead atoms. The fourth-order valence-corrected chi connectivity index (χ4v) is 5.42. The summed E-state index contributed by atoms with van der Waals surface area (Å²) in [4.78, 5) is 17.6. The number of benzene rings is 2. The normalized spacial score (nSPS) is 17.8. The predicted octanol–water partition coefficient (Wildman–Crippen LogP) is 6.61. The van der Waals surface area contributed by atoms with E-state index in [1.165, 1.54) is 11.1 Å². The molecular formula is C29H37ClN2O2. The predicted molar refractivity (Wildman–Crippen MR) is 141 cm³/mol. The highest BCUT2D eigenvalue weighted by molar-refractivity contribution is 6.34. The maximum absolute atomic E-state index is 13.0. The number of hydrogen-bond acceptors (Lipinski definition) is 3. The molecule has 2 saturated heterocycles. The van der Waals surface area contributed by atoms with Gasteiger partial charge in [0.05, 0.1) is 16.7 Å². The van der Waals surface area contributed by atoms with Crippen molar-refractivity contribution < 1.29 is 9.53 Å². The van der Waals surface area contributed by atoms with E-state index in [9.17, 15) is 4.79 Å². The summed E-state index contributed by atoms with van der Waals surface area (Å²) in [5.74, 6) is 0.998. The van der Waals surface area contributed by atoms with Crippen LogP contribution in [-0.2, 0) is 0 Å². The topological polar surface area (TPSA) is 32.8 Å². The van der Waals surface area contributed by atoms with E-state index in [0.717, 1.165) is 63.2 Å². The van der Waals surface area contributed by atoms with E-state index in [4.69, 9.17) is 16.3 Å². The van der Waals surface area contributed by atoms with Gasteiger partial charge in [-0.25, -0.2) is 0 Å². The number of halogens is 1. The molecule has 0 aliphatic carbocycles. The lowest BCUT2D eigenvalue weighted by Gasteiger charge is -2.41. The van der Waals surface area contributed by atoms with Crippen molar-refractivity contribution >= 4 is 23.1 Å². The van der Waals surface area contributed by atoms with Gasteiger partial charge in [-0.15, -0.1) is 0 Å². The number of aryl methyl sites for hydroxylation is 1. The first kappa shape index (κ1) is 24.8. The minimum Gasteiger partial charge on any atom is -0.491 e. The van der Waals surface area contributed by atoms with E-state index in [1.54, 1.807) is 5.57 Å². The molecule has 5 heteroatoms. The third-order valence-electron chi connectivity index (χ3n) is 7.28. The molecule has 0 radical (unpaired) electrons. The van der Waals surface area contributed by atoms with Gasteiger partial charge < -0.3 is 9.64 Å². The number of carbonyl (C=O) groups excluding carboxylic acids is 1. The number of allylic oxidation sites excluding steroid dienone is 1. The molecule has 34 heavy (non-hydrogen) atoms. The molecule has 0 unspecified atom stereocenters. The summed E-state index contributed by atoms with van der Waals surface area (Å²) >= 11 is 6.40. The van der Waals surface area contributed by atoms with Gasteiger partial charge in [-0.1, -0.05) is 41.4 Å². The minimum absolute atomic E-state index is 0.0662. The van der Waals surface area contributed by atoms with Crippen molar-refractivity contribution in [2.45, 2.75) is 65.5 Å². The highest BCUT2D eigenvalue weighted by atomic mass is 35.5. The Labute approximate surface area is 209 Å². The van der Waals surface area contributed by atoms with E-state index in [1.807, 2.05) is 30.0 Å². The SMILES string of the molecule is CC(=C1CCN(C2CCN(C(=O)c3cccc(C)c3Cl)CC2)CC1)c1ccc(OC(C)C)cc1. The van der Waals surface area contributed by atoms with Crippen LogP contribution >= 0.6 is 11.6 Å². The second-order valence-corrected chi connectivity index (χ2v) is 10.3. The standard InChI is InChI=1S/C29H37ClN2O2/c1-20(2)34-26-10-8-23(9-11-26)22(4)24-12-16-31(17-13-24)25-14-18-32(19-15-25)29(33)27-7-5-6-21(3)28(27)30/h5-11,20,25H,12-19H2,1-4H3. The number of hydrogen-bond donors (Lipinski definition) is 0. The summed E-state index contributed by atoms with van der Waals surface area (Å²) in [7, 11) is 0. The molecule has 2 aromatic rings. The smallest absolute Gasteiger partial charge is 0.255 e. The first-order valence-electron chi connectivity index (χ1n) is 12.6. The maximum Gasteiger partial charge on any atom is 0.255 e. The zero-order valence-electron chi connectivity index (χ0n) is 20.9. The summed E-state index contributed by atoms with van der Waals surface area (Å²) in [6.45, 7) is 12.1. The molecule has 0 aromatic heterocycles. The van der Waals surface area contributed by atoms with Crippen LogP contribution in [0.15, 0.2) is 48.0 Å². The molecule has 2 aromatic carbocycles. The van der Waals surface area contributed by atoms with E-state index in [-0.39, 0.29) is 12.0 Å². The third kappa shape index (κ3) is 5.67. The molecule has 182 valence electrons. The average molecular weight is 481 g/mol. The van der Waals surface area contributed by atoms with Crippen LogP contribution in [0.5, 0.6) is 5.75 Å². The van der Waals surface area contributed by atoms with E-state index < -0.39 is 0 Å². The second kappa shape index (κ2) is 11.0. The number of carbonyl (C=O) groups is 1. The number of piperidine rings is 2. The fraction of sp³-hybridized carbons (Fsp3) is 0.483. The summed E-state index contributed by atoms with van der Waals surface area (Å²) in [5, 5.41) is 0.586. The van der Waals surface area contributed by atoms with Gasteiger partial charge in [-0.2, -0.15) is 0 Å². The molecule has 4 nitrogen and oxygen atoms in total. The van der Waals surface area contributed by atoms with Crippen LogP contribution in [0.4, 0.5) is 0 Å². The second-order valence-electron chi connectivity index (χ2n) is 9.92. The van der Waals surface area contributed by atoms with Gasteiger partial charge in [-0.3, -0.25) is 9.69 Å². The van der Waals surface area contributed by atoms with Gasteiger partial charge >= 0.3 is 0 Å². The average Bonchev–Trinajstić information content (AvgIpc) is 2.85. The molecule has 0 atom stereocenters. The van der Waals surface area contributed by atoms with Gasteiger partial charge in [0.25, 0.3) is 5.91 Å². The van der Waals surface area contributed by atoms with Crippen molar-refractivity contribution in [2.24, 2.45) is 0 Å². The molecule has 2 aliphatic rings. The highest BCUT2D eigenvalue weighted by Gasteiger charge is 2.29. The van der Waals surface area contributed by atoms with Crippen molar-refractivity contribution in [3.8, 4) is 5.75 Å². The van der Waals surface area contributed by atoms with Crippen molar-refractivity contribution in [3.05, 3.63) is 69.8 Å². The summed E-state index contributed by atoms with van der Waals surface area (Å²) in [6, 6.07) is 14.8. The van der Waals surface area contributed by atoms with Crippen LogP contribution in [0.1, 0.15) is 67.9 Å². The van der Waals surface area contributed by atoms with Crippen LogP contribution in [0.25, 0.3) is 5.57 Å². The van der Waals surface area contributed by atoms with E-state index in [2.05, 4.69) is 49.9 Å². The number of rotatable bonds is 5. The Hall–Kier alpha value is -2.30. The minimum atomic E-state index is 0.0662. The Balaban J connectivity index is 1.30. The molecule has 2 fully saturated rings. The molecule has 0 N–H and O–H groups in total. The zero-order valence-corrected chi connectivity index (χ0v) is 21.7. The molecule has 4 rings (SSSR count). The van der Waals surface area contributed by atoms with Gasteiger partial charge in [0.2, 0.25) is 0 Å². The molecule has 2 aliphatic heterocycles. The number of likely N-dealkylation sites (tertiary alicyclic amines) is 2. The molecular weight excluding hydrogens is 444 g/mol. The van der Waals surface area contributed by atoms with Crippen molar-refractivity contribution in [1.29, 1.82) is 0 Å². The Morgan fingerprint density at radius 3 is 2.26 bits per heavy atom. The van der Waals surface area contributed by atoms with Crippen LogP contribution in [-0.4, -0.2) is 54.0 Å². The fourth-order valence-electron chi connectivity index (χ4n) is 5.21. The summed E-state index contributed by atoms with van der Waals surface area (Å²) in [6.07, 6.45) is 4.50. The van der Waals surface area contributed by atoms with Crippen LogP contribution in [0.3, 0.4) is 0 Å². The van der Waals surface area contributed by atoms with Gasteiger partial charge in [-0.05, 0) is 88.3 Å². The van der Waals surface area contributed by atoms with Gasteiger partial charge in [0.15, 0.2) is 0 Å². The van der Waals surface area contributed by atoms with E-state index >= 15 is 0 Å². The molecule has 2 heterocycles. The number of amides is 1. The van der Waals surface area contributed by atoms with Gasteiger partial charge in [0.1, 0.15) is 5.75 Å². The Bertz CT molecular complexity index is 1030. The lowest BCUT2D eigenvalue weighted by molar-refractivity contribution is 0.0608. The number of nitrogens with zero attached hydrogens (tertiary/aromatic N) is 2. The van der Waals surface area contributed by atoms with Crippen molar-refractivity contribution in [2.75, 3.05) is 26.2 Å². The van der Waals surface area contributed by atoms with E-state index in [0.29, 0.717) is 16.6 Å². The molecule has 0 saturated carbocycles. The highest BCUT2D eigenvalue weighted by Crippen LogP contribution is 2.30. The molecule has 1 amide bonds. The van der Waals surface area contributed by atoms with Crippen molar-refractivity contribution in [1.82, 2.24) is 9.80 Å². The zero-order chi connectivity index (χ0) is 24.2. The first-order chi connectivity index (χ1) is 16.3. The van der Waals surface area contributed by atoms with Gasteiger partial charge in [0, 0.05) is 32.2 Å². The Morgan fingerprint density at radius 1 is 1.00 bits per heavy atom. The Morgan fingerprint density at radius 2 is 1.65 bits per heavy atom. The monoisotopic (exact) mass is 480 g/mol. The largest absolute Gasteiger partial charge is 0.491 e. The lowest BCUT2D eigenvalue weighted by Crippen LogP contribution is -2.48. The number of ether oxygens (including phenoxy) is 1. The lowest BCUT2D eigenvalue weighted by atomic mass is 9.92. The quantitative estimate of drug-likeness (QED) is 0.482. The van der Waals surface area contributed by atoms with Crippen LogP contribution < -0.4 is 4.74 Å². The Kier molecular flexibility index (Phi) is 8.00. The third-order valence-corrected chi connectivity index (χ3v) is 7.78. The molecule has 0 spiro atoms. The maximum atomic E-state index is 13.0.